The van der Waals surface area contributed by atoms with Crippen molar-refractivity contribution in [3.63, 3.8) is 0 Å². The highest BCUT2D eigenvalue weighted by atomic mass is 32.2. The lowest BCUT2D eigenvalue weighted by Crippen LogP contribution is -2.01. The van der Waals surface area contributed by atoms with E-state index in [1.54, 1.807) is 44.3 Å². The van der Waals surface area contributed by atoms with Crippen molar-refractivity contribution >= 4 is 70.8 Å². The van der Waals surface area contributed by atoms with E-state index in [9.17, 15) is 25.9 Å². The highest BCUT2D eigenvalue weighted by Crippen LogP contribution is 2.36. The highest BCUT2D eigenvalue weighted by molar-refractivity contribution is 7.86. The molecule has 2 N–H and O–H groups in total. The van der Waals surface area contributed by atoms with Crippen LogP contribution in [-0.4, -0.2) is 33.0 Å². The Hall–Kier alpha value is -5.42. The average Bonchev–Trinajstić information content (AvgIpc) is 3.03. The van der Waals surface area contributed by atoms with Crippen LogP contribution in [0.4, 0.5) is 39.8 Å². The molecule has 0 amide bonds. The van der Waals surface area contributed by atoms with E-state index in [-0.39, 0.29) is 16.5 Å². The Bertz CT molecular complexity index is 2460. The predicted octanol–water partition coefficient (Wildman–Crippen LogP) is 10.5. The monoisotopic (exact) mass is 698 g/mol. The van der Waals surface area contributed by atoms with E-state index in [0.29, 0.717) is 28.3 Å². The molecule has 16 heteroatoms. The second kappa shape index (κ2) is 14.0. The van der Waals surface area contributed by atoms with Crippen LogP contribution in [0.2, 0.25) is 0 Å². The summed E-state index contributed by atoms with van der Waals surface area (Å²) in [4.78, 5) is -1.03. The number of nitrogens with zero attached hydrogens (tertiary/aromatic N) is 8. The fourth-order valence-corrected chi connectivity index (χ4v) is 6.19. The standard InChI is InChI=1S/C33H30N8O6S2/c1-19-13-25(36-40-30-16-21(3)29(37-34-5)15-22(30)4)9-11-27(19)38-35-24-10-12-28(20(2)14-24)39-41-31-18-26-23(17-33(31)49(45,46)47)7-6-8-32(26)48(42,43)44/h6-18H,1-5H3,(H,42,43,44)(H,45,46,47). The van der Waals surface area contributed by atoms with Crippen LogP contribution in [0.3, 0.4) is 0 Å². The molecule has 0 radical (unpaired) electrons. The summed E-state index contributed by atoms with van der Waals surface area (Å²) in [5.74, 6) is 0. The van der Waals surface area contributed by atoms with Gasteiger partial charge in [-0.2, -0.15) is 52.6 Å². The van der Waals surface area contributed by atoms with Gasteiger partial charge in [-0.05, 0) is 122 Å². The highest BCUT2D eigenvalue weighted by Gasteiger charge is 2.21. The number of hydrogen-bond acceptors (Lipinski definition) is 12. The molecule has 0 aromatic heterocycles. The molecule has 0 atom stereocenters. The van der Waals surface area contributed by atoms with Crippen LogP contribution in [-0.2, 0) is 20.2 Å². The third kappa shape index (κ3) is 8.18. The van der Waals surface area contributed by atoms with Crippen LogP contribution >= 0.6 is 0 Å². The van der Waals surface area contributed by atoms with E-state index in [2.05, 4.69) is 40.9 Å². The molecular formula is C33H30N8O6S2. The molecule has 0 saturated heterocycles. The van der Waals surface area contributed by atoms with E-state index in [1.165, 1.54) is 12.1 Å². The molecule has 5 rings (SSSR count). The second-order valence-corrected chi connectivity index (χ2v) is 13.8. The molecule has 0 bridgehead atoms. The Kier molecular flexibility index (Phi) is 9.95. The average molecular weight is 699 g/mol. The maximum absolute atomic E-state index is 12.1. The van der Waals surface area contributed by atoms with Crippen LogP contribution in [0.25, 0.3) is 10.8 Å². The van der Waals surface area contributed by atoms with Gasteiger partial charge in [0.1, 0.15) is 15.5 Å². The number of fused-ring (bicyclic) bond motifs is 1. The quantitative estimate of drug-likeness (QED) is 0.113. The summed E-state index contributed by atoms with van der Waals surface area (Å²) in [7, 11) is -7.79. The van der Waals surface area contributed by atoms with E-state index in [4.69, 9.17) is 0 Å². The molecule has 0 heterocycles. The number of aryl methyl sites for hydroxylation is 4. The summed E-state index contributed by atoms with van der Waals surface area (Å²) >= 11 is 0. The number of azo groups is 4. The summed E-state index contributed by atoms with van der Waals surface area (Å²) in [6.45, 7) is 7.49. The molecule has 5 aromatic carbocycles. The molecule has 14 nitrogen and oxygen atoms in total. The first kappa shape index (κ1) is 34.9. The van der Waals surface area contributed by atoms with Gasteiger partial charge >= 0.3 is 0 Å². The molecule has 0 aliphatic carbocycles. The van der Waals surface area contributed by atoms with Crippen molar-refractivity contribution in [2.45, 2.75) is 37.5 Å². The molecule has 5 aromatic rings. The third-order valence-electron chi connectivity index (χ3n) is 7.37. The number of hydrogen-bond donors (Lipinski definition) is 2. The van der Waals surface area contributed by atoms with Crippen LogP contribution in [0.5, 0.6) is 0 Å². The maximum atomic E-state index is 12.1. The van der Waals surface area contributed by atoms with E-state index in [0.717, 1.165) is 46.3 Å². The van der Waals surface area contributed by atoms with Gasteiger partial charge in [-0.3, -0.25) is 9.11 Å². The maximum Gasteiger partial charge on any atom is 0.296 e. The minimum Gasteiger partial charge on any atom is -0.282 e. The summed E-state index contributed by atoms with van der Waals surface area (Å²) in [6, 6.07) is 20.3. The SMILES string of the molecule is CN=Nc1cc(C)c(N=Nc2ccc(N=Nc3ccc(N=Nc4cc5c(S(=O)(=O)O)cccc5cc4S(=O)(=O)O)c(C)c3)c(C)c2)cc1C. The van der Waals surface area contributed by atoms with Crippen LogP contribution in [0.1, 0.15) is 22.3 Å². The summed E-state index contributed by atoms with van der Waals surface area (Å²) in [5.41, 5.74) is 6.65. The van der Waals surface area contributed by atoms with Crippen molar-refractivity contribution in [2.75, 3.05) is 7.05 Å². The smallest absolute Gasteiger partial charge is 0.282 e. The molecule has 0 spiro atoms. The van der Waals surface area contributed by atoms with Crippen molar-refractivity contribution in [3.8, 4) is 0 Å². The fraction of sp³-hybridized carbons (Fsp3) is 0.152. The van der Waals surface area contributed by atoms with Crippen molar-refractivity contribution in [2.24, 2.45) is 40.9 Å². The van der Waals surface area contributed by atoms with Gasteiger partial charge < -0.3 is 0 Å². The Morgan fingerprint density at radius 1 is 0.469 bits per heavy atom. The summed E-state index contributed by atoms with van der Waals surface area (Å²) < 4.78 is 67.5. The van der Waals surface area contributed by atoms with Gasteiger partial charge in [0.25, 0.3) is 20.2 Å². The Labute approximate surface area is 282 Å². The van der Waals surface area contributed by atoms with Gasteiger partial charge in [-0.25, -0.2) is 0 Å². The van der Waals surface area contributed by atoms with Gasteiger partial charge in [0, 0.05) is 12.4 Å². The zero-order valence-electron chi connectivity index (χ0n) is 26.9. The van der Waals surface area contributed by atoms with Crippen molar-refractivity contribution in [1.29, 1.82) is 0 Å². The first-order chi connectivity index (χ1) is 23.1. The third-order valence-corrected chi connectivity index (χ3v) is 9.17. The zero-order valence-corrected chi connectivity index (χ0v) is 28.6. The molecule has 0 unspecified atom stereocenters. The number of rotatable bonds is 9. The lowest BCUT2D eigenvalue weighted by atomic mass is 10.1. The van der Waals surface area contributed by atoms with Crippen LogP contribution < -0.4 is 0 Å². The minimum atomic E-state index is -4.77. The largest absolute Gasteiger partial charge is 0.296 e. The van der Waals surface area contributed by atoms with Gasteiger partial charge in [0.05, 0.1) is 34.1 Å². The molecule has 0 saturated carbocycles. The lowest BCUT2D eigenvalue weighted by molar-refractivity contribution is 0.482. The van der Waals surface area contributed by atoms with Crippen molar-refractivity contribution in [3.05, 3.63) is 101 Å². The molecule has 250 valence electrons. The topological polar surface area (TPSA) is 208 Å². The Morgan fingerprint density at radius 2 is 0.939 bits per heavy atom. The first-order valence-corrected chi connectivity index (χ1v) is 17.4. The normalized spacial score (nSPS) is 12.8. The minimum absolute atomic E-state index is 0.00101. The van der Waals surface area contributed by atoms with Gasteiger partial charge in [0.15, 0.2) is 0 Å². The second-order valence-electron chi connectivity index (χ2n) is 11.0. The predicted molar refractivity (Wildman–Crippen MR) is 185 cm³/mol. The van der Waals surface area contributed by atoms with Gasteiger partial charge in [-0.15, -0.1) is 5.11 Å². The summed E-state index contributed by atoms with van der Waals surface area (Å²) in [6.07, 6.45) is 0. The van der Waals surface area contributed by atoms with Crippen molar-refractivity contribution in [1.82, 2.24) is 0 Å². The van der Waals surface area contributed by atoms with Gasteiger partial charge in [0.2, 0.25) is 0 Å². The van der Waals surface area contributed by atoms with E-state index >= 15 is 0 Å². The van der Waals surface area contributed by atoms with E-state index < -0.39 is 30.0 Å². The Morgan fingerprint density at radius 3 is 1.45 bits per heavy atom. The number of benzene rings is 5. The fourth-order valence-electron chi connectivity index (χ4n) is 4.84. The zero-order chi connectivity index (χ0) is 35.5. The molecule has 49 heavy (non-hydrogen) atoms. The molecule has 0 fully saturated rings. The van der Waals surface area contributed by atoms with Crippen LogP contribution in [0.15, 0.2) is 130 Å². The van der Waals surface area contributed by atoms with Gasteiger partial charge in [-0.1, -0.05) is 12.1 Å². The molecule has 0 aliphatic rings. The Balaban J connectivity index is 1.36. The summed E-state index contributed by atoms with van der Waals surface area (Å²) in [5, 5.41) is 33.7. The van der Waals surface area contributed by atoms with E-state index in [1.807, 2.05) is 39.0 Å². The van der Waals surface area contributed by atoms with Crippen molar-refractivity contribution < 1.29 is 25.9 Å². The first-order valence-electron chi connectivity index (χ1n) is 14.5. The molecular weight excluding hydrogens is 669 g/mol. The molecule has 0 aliphatic heterocycles. The van der Waals surface area contributed by atoms with Crippen LogP contribution in [0, 0.1) is 27.7 Å². The lowest BCUT2D eigenvalue weighted by Gasteiger charge is -2.08.